The number of rotatable bonds is 9. The van der Waals surface area contributed by atoms with E-state index in [2.05, 4.69) is 6.92 Å². The summed E-state index contributed by atoms with van der Waals surface area (Å²) in [6, 6.07) is 10.6. The van der Waals surface area contributed by atoms with Crippen molar-refractivity contribution in [3.05, 3.63) is 59.2 Å². The third-order valence-electron chi connectivity index (χ3n) is 9.06. The van der Waals surface area contributed by atoms with Gasteiger partial charge >= 0.3 is 0 Å². The van der Waals surface area contributed by atoms with Gasteiger partial charge in [0.1, 0.15) is 11.6 Å². The van der Waals surface area contributed by atoms with Crippen molar-refractivity contribution in [2.45, 2.75) is 109 Å². The van der Waals surface area contributed by atoms with Gasteiger partial charge in [-0.2, -0.15) is 0 Å². The molecule has 198 valence electrons. The Morgan fingerprint density at radius 1 is 0.750 bits per heavy atom. The molecule has 4 rings (SSSR count). The van der Waals surface area contributed by atoms with Crippen LogP contribution in [0.4, 0.5) is 17.6 Å². The Kier molecular flexibility index (Phi) is 9.17. The quantitative estimate of drug-likeness (QED) is 0.236. The first kappa shape index (κ1) is 27.2. The maximum atomic E-state index is 15.2. The molecule has 0 nitrogen and oxygen atoms in total. The third kappa shape index (κ3) is 6.72. The van der Waals surface area contributed by atoms with E-state index in [4.69, 9.17) is 0 Å². The number of alkyl halides is 2. The van der Waals surface area contributed by atoms with E-state index in [0.29, 0.717) is 30.2 Å². The van der Waals surface area contributed by atoms with Crippen LogP contribution in [-0.4, -0.2) is 5.92 Å². The van der Waals surface area contributed by atoms with E-state index >= 15 is 8.78 Å². The molecule has 0 N–H and O–H groups in total. The number of unbranched alkanes of at least 4 members (excludes halogenated alkanes) is 2. The van der Waals surface area contributed by atoms with Gasteiger partial charge in [-0.1, -0.05) is 56.9 Å². The second-order valence-electron chi connectivity index (χ2n) is 11.6. The Hall–Kier alpha value is -1.84. The second kappa shape index (κ2) is 12.1. The van der Waals surface area contributed by atoms with Gasteiger partial charge in [-0.15, -0.1) is 0 Å². The van der Waals surface area contributed by atoms with E-state index in [0.717, 1.165) is 44.1 Å². The molecule has 2 aliphatic carbocycles. The van der Waals surface area contributed by atoms with Gasteiger partial charge in [-0.25, -0.2) is 17.6 Å². The minimum absolute atomic E-state index is 0.0350. The highest BCUT2D eigenvalue weighted by Gasteiger charge is 2.43. The van der Waals surface area contributed by atoms with E-state index in [-0.39, 0.29) is 17.9 Å². The molecule has 0 amide bonds. The molecule has 2 aliphatic rings. The Labute approximate surface area is 214 Å². The zero-order chi connectivity index (χ0) is 25.7. The molecular formula is C32H42F4. The van der Waals surface area contributed by atoms with Crippen LogP contribution in [0.15, 0.2) is 36.4 Å². The summed E-state index contributed by atoms with van der Waals surface area (Å²) in [6.45, 7) is 3.64. The summed E-state index contributed by atoms with van der Waals surface area (Å²) < 4.78 is 58.3. The molecule has 4 heteroatoms. The summed E-state index contributed by atoms with van der Waals surface area (Å²) in [5.74, 6) is -2.90. The predicted molar refractivity (Wildman–Crippen MR) is 140 cm³/mol. The smallest absolute Gasteiger partial charge is 0.207 e. The number of benzene rings is 2. The van der Waals surface area contributed by atoms with E-state index in [1.807, 2.05) is 24.3 Å². The van der Waals surface area contributed by atoms with Crippen LogP contribution in [0.1, 0.15) is 107 Å². The third-order valence-corrected chi connectivity index (χ3v) is 9.06. The van der Waals surface area contributed by atoms with E-state index in [1.165, 1.54) is 50.3 Å². The van der Waals surface area contributed by atoms with Crippen molar-refractivity contribution >= 4 is 0 Å². The van der Waals surface area contributed by atoms with Crippen LogP contribution >= 0.6 is 0 Å². The average Bonchev–Trinajstić information content (AvgIpc) is 2.88. The molecule has 0 radical (unpaired) electrons. The molecule has 2 saturated carbocycles. The first-order valence-corrected chi connectivity index (χ1v) is 14.2. The largest absolute Gasteiger partial charge is 0.251 e. The molecule has 0 spiro atoms. The zero-order valence-corrected chi connectivity index (χ0v) is 22.0. The highest BCUT2D eigenvalue weighted by molar-refractivity contribution is 5.64. The monoisotopic (exact) mass is 502 g/mol. The zero-order valence-electron chi connectivity index (χ0n) is 22.0. The van der Waals surface area contributed by atoms with Crippen LogP contribution in [0.5, 0.6) is 0 Å². The van der Waals surface area contributed by atoms with Gasteiger partial charge in [0, 0.05) is 17.9 Å². The molecule has 0 aromatic heterocycles. The van der Waals surface area contributed by atoms with Crippen molar-refractivity contribution in [3.63, 3.8) is 0 Å². The van der Waals surface area contributed by atoms with Crippen LogP contribution < -0.4 is 0 Å². The Morgan fingerprint density at radius 3 is 1.92 bits per heavy atom. The Bertz CT molecular complexity index is 941. The van der Waals surface area contributed by atoms with Crippen LogP contribution in [0.25, 0.3) is 11.1 Å². The molecule has 2 aromatic carbocycles. The molecule has 0 saturated heterocycles. The van der Waals surface area contributed by atoms with Gasteiger partial charge in [0.15, 0.2) is 0 Å². The van der Waals surface area contributed by atoms with Crippen LogP contribution in [0.2, 0.25) is 0 Å². The number of halogens is 4. The first-order chi connectivity index (χ1) is 17.3. The SMILES string of the molecule is CCCCCC1CCC(C(F)(F)CC2CCC(c3ccc(-c4cc(F)c(C)c(F)c4)cc3)CC2)CC1. The highest BCUT2D eigenvalue weighted by Crippen LogP contribution is 2.46. The average molecular weight is 503 g/mol. The molecule has 0 atom stereocenters. The van der Waals surface area contributed by atoms with Gasteiger partial charge < -0.3 is 0 Å². The molecule has 0 aliphatic heterocycles. The molecule has 2 aromatic rings. The Morgan fingerprint density at radius 2 is 1.33 bits per heavy atom. The van der Waals surface area contributed by atoms with Gasteiger partial charge in [-0.05, 0) is 105 Å². The molecule has 0 bridgehead atoms. The standard InChI is InChI=1S/C32H42F4/c1-3-4-5-6-23-9-17-29(18-10-23)32(35,36)21-24-7-11-25(12-8-24)26-13-15-27(16-14-26)28-19-30(33)22(2)31(34)20-28/h13-16,19-20,23-25,29H,3-12,17-18,21H2,1-2H3. The fourth-order valence-corrected chi connectivity index (χ4v) is 6.57. The summed E-state index contributed by atoms with van der Waals surface area (Å²) in [5.41, 5.74) is 2.54. The molecule has 0 unspecified atom stereocenters. The fraction of sp³-hybridized carbons (Fsp3) is 0.625. The molecular weight excluding hydrogens is 460 g/mol. The lowest BCUT2D eigenvalue weighted by atomic mass is 9.72. The topological polar surface area (TPSA) is 0 Å². The van der Waals surface area contributed by atoms with Crippen molar-refractivity contribution < 1.29 is 17.6 Å². The van der Waals surface area contributed by atoms with Gasteiger partial charge in [-0.3, -0.25) is 0 Å². The summed E-state index contributed by atoms with van der Waals surface area (Å²) in [5, 5.41) is 0. The van der Waals surface area contributed by atoms with Gasteiger partial charge in [0.25, 0.3) is 5.92 Å². The molecule has 2 fully saturated rings. The predicted octanol–water partition coefficient (Wildman–Crippen LogP) is 10.6. The van der Waals surface area contributed by atoms with Crippen LogP contribution in [0, 0.1) is 36.3 Å². The van der Waals surface area contributed by atoms with Crippen LogP contribution in [0.3, 0.4) is 0 Å². The maximum Gasteiger partial charge on any atom is 0.251 e. The minimum atomic E-state index is -2.54. The highest BCUT2D eigenvalue weighted by atomic mass is 19.3. The van der Waals surface area contributed by atoms with Crippen LogP contribution in [-0.2, 0) is 0 Å². The van der Waals surface area contributed by atoms with E-state index < -0.39 is 23.5 Å². The van der Waals surface area contributed by atoms with Crippen molar-refractivity contribution in [3.8, 4) is 11.1 Å². The van der Waals surface area contributed by atoms with Crippen molar-refractivity contribution in [1.82, 2.24) is 0 Å². The summed E-state index contributed by atoms with van der Waals surface area (Å²) in [7, 11) is 0. The number of hydrogen-bond acceptors (Lipinski definition) is 0. The molecule has 36 heavy (non-hydrogen) atoms. The lowest BCUT2D eigenvalue weighted by Crippen LogP contribution is -2.34. The Balaban J connectivity index is 1.26. The summed E-state index contributed by atoms with van der Waals surface area (Å²) >= 11 is 0. The lowest BCUT2D eigenvalue weighted by molar-refractivity contribution is -0.0955. The fourth-order valence-electron chi connectivity index (χ4n) is 6.57. The van der Waals surface area contributed by atoms with Gasteiger partial charge in [0.05, 0.1) is 0 Å². The van der Waals surface area contributed by atoms with E-state index in [1.54, 1.807) is 0 Å². The summed E-state index contributed by atoms with van der Waals surface area (Å²) in [4.78, 5) is 0. The maximum absolute atomic E-state index is 15.2. The minimum Gasteiger partial charge on any atom is -0.207 e. The summed E-state index contributed by atoms with van der Waals surface area (Å²) in [6.07, 6.45) is 11.9. The van der Waals surface area contributed by atoms with Crippen molar-refractivity contribution in [1.29, 1.82) is 0 Å². The molecule has 0 heterocycles. The normalized spacial score (nSPS) is 25.2. The first-order valence-electron chi connectivity index (χ1n) is 14.2. The lowest BCUT2D eigenvalue weighted by Gasteiger charge is -2.37. The second-order valence-corrected chi connectivity index (χ2v) is 11.6. The van der Waals surface area contributed by atoms with E-state index in [9.17, 15) is 8.78 Å². The van der Waals surface area contributed by atoms with Crippen molar-refractivity contribution in [2.75, 3.05) is 0 Å². The van der Waals surface area contributed by atoms with Crippen molar-refractivity contribution in [2.24, 2.45) is 17.8 Å². The van der Waals surface area contributed by atoms with Gasteiger partial charge in [0.2, 0.25) is 0 Å². The number of hydrogen-bond donors (Lipinski definition) is 0.